The zero-order chi connectivity index (χ0) is 17.2. The summed E-state index contributed by atoms with van der Waals surface area (Å²) < 4.78 is 0. The quantitative estimate of drug-likeness (QED) is 0.877. The maximum absolute atomic E-state index is 12.6. The summed E-state index contributed by atoms with van der Waals surface area (Å²) in [5, 5.41) is 5.20. The van der Waals surface area contributed by atoms with Crippen LogP contribution in [0.25, 0.3) is 0 Å². The molecule has 0 spiro atoms. The van der Waals surface area contributed by atoms with E-state index in [1.807, 2.05) is 41.7 Å². The Bertz CT molecular complexity index is 696. The van der Waals surface area contributed by atoms with Crippen LogP contribution in [0.3, 0.4) is 0 Å². The Morgan fingerprint density at radius 1 is 1.38 bits per heavy atom. The smallest absolute Gasteiger partial charge is 0.244 e. The zero-order valence-corrected chi connectivity index (χ0v) is 15.1. The minimum Gasteiger partial charge on any atom is -0.353 e. The standard InChI is InChI=1S/C19H25N3OS/c1-14(22-10-8-17-15(13-22)9-11-24-17)12-21-18(23)19(2,20)16-6-4-3-5-7-16/h3-7,9,11,14H,8,10,12-13,20H2,1-2H3,(H,21,23). The van der Waals surface area contributed by atoms with Gasteiger partial charge in [0.2, 0.25) is 5.91 Å². The van der Waals surface area contributed by atoms with Crippen LogP contribution in [-0.2, 0) is 23.3 Å². The van der Waals surface area contributed by atoms with Gasteiger partial charge in [0.1, 0.15) is 5.54 Å². The molecular weight excluding hydrogens is 318 g/mol. The van der Waals surface area contributed by atoms with Crippen LogP contribution in [-0.4, -0.2) is 29.9 Å². The Hall–Kier alpha value is -1.69. The van der Waals surface area contributed by atoms with E-state index in [0.717, 1.165) is 25.1 Å². The molecule has 2 atom stereocenters. The SMILES string of the molecule is CC(CNC(=O)C(C)(N)c1ccccc1)N1CCc2sccc2C1. The first-order chi connectivity index (χ1) is 11.5. The molecule has 4 nitrogen and oxygen atoms in total. The third kappa shape index (κ3) is 3.53. The predicted molar refractivity (Wildman–Crippen MR) is 98.9 cm³/mol. The normalized spacial score (nSPS) is 18.5. The number of amides is 1. The maximum atomic E-state index is 12.6. The molecule has 1 aromatic heterocycles. The summed E-state index contributed by atoms with van der Waals surface area (Å²) in [5.74, 6) is -0.131. The van der Waals surface area contributed by atoms with Crippen LogP contribution < -0.4 is 11.1 Å². The molecule has 3 rings (SSSR count). The summed E-state index contributed by atoms with van der Waals surface area (Å²) >= 11 is 1.85. The molecule has 1 aliphatic rings. The molecule has 1 aliphatic heterocycles. The van der Waals surface area contributed by atoms with Crippen LogP contribution in [0, 0.1) is 0 Å². The number of carbonyl (C=O) groups excluding carboxylic acids is 1. The third-order valence-electron chi connectivity index (χ3n) is 4.86. The van der Waals surface area contributed by atoms with E-state index in [1.165, 1.54) is 10.4 Å². The molecule has 1 aromatic carbocycles. The van der Waals surface area contributed by atoms with E-state index in [0.29, 0.717) is 6.54 Å². The monoisotopic (exact) mass is 343 g/mol. The van der Waals surface area contributed by atoms with Gasteiger partial charge in [-0.1, -0.05) is 30.3 Å². The van der Waals surface area contributed by atoms with Gasteiger partial charge >= 0.3 is 0 Å². The molecule has 0 aliphatic carbocycles. The van der Waals surface area contributed by atoms with Gasteiger partial charge in [-0.3, -0.25) is 9.69 Å². The van der Waals surface area contributed by atoms with E-state index in [2.05, 4.69) is 28.6 Å². The molecule has 128 valence electrons. The Morgan fingerprint density at radius 3 is 2.88 bits per heavy atom. The van der Waals surface area contributed by atoms with Gasteiger partial charge < -0.3 is 11.1 Å². The van der Waals surface area contributed by atoms with E-state index in [-0.39, 0.29) is 11.9 Å². The highest BCUT2D eigenvalue weighted by atomic mass is 32.1. The second-order valence-electron chi connectivity index (χ2n) is 6.72. The lowest BCUT2D eigenvalue weighted by Crippen LogP contribution is -2.52. The fourth-order valence-electron chi connectivity index (χ4n) is 3.12. The van der Waals surface area contributed by atoms with E-state index in [9.17, 15) is 4.79 Å². The average molecular weight is 343 g/mol. The van der Waals surface area contributed by atoms with E-state index in [1.54, 1.807) is 6.92 Å². The lowest BCUT2D eigenvalue weighted by Gasteiger charge is -2.33. The Kier molecular flexibility index (Phi) is 5.04. The van der Waals surface area contributed by atoms with Gasteiger partial charge in [-0.2, -0.15) is 0 Å². The molecule has 24 heavy (non-hydrogen) atoms. The van der Waals surface area contributed by atoms with E-state index in [4.69, 9.17) is 5.73 Å². The first-order valence-corrected chi connectivity index (χ1v) is 9.28. The van der Waals surface area contributed by atoms with E-state index >= 15 is 0 Å². The number of nitrogens with two attached hydrogens (primary N) is 1. The molecule has 2 heterocycles. The topological polar surface area (TPSA) is 58.4 Å². The first kappa shape index (κ1) is 17.1. The van der Waals surface area contributed by atoms with Crippen molar-refractivity contribution in [3.05, 3.63) is 57.8 Å². The van der Waals surface area contributed by atoms with Crippen molar-refractivity contribution in [2.24, 2.45) is 5.73 Å². The van der Waals surface area contributed by atoms with Crippen LogP contribution in [0.15, 0.2) is 41.8 Å². The summed E-state index contributed by atoms with van der Waals surface area (Å²) in [6.45, 7) is 6.55. The van der Waals surface area contributed by atoms with Gasteiger partial charge in [0.15, 0.2) is 0 Å². The zero-order valence-electron chi connectivity index (χ0n) is 14.3. The van der Waals surface area contributed by atoms with Crippen molar-refractivity contribution in [2.75, 3.05) is 13.1 Å². The number of benzene rings is 1. The van der Waals surface area contributed by atoms with Crippen molar-refractivity contribution in [1.82, 2.24) is 10.2 Å². The summed E-state index contributed by atoms with van der Waals surface area (Å²) in [5.41, 5.74) is 7.52. The number of hydrogen-bond donors (Lipinski definition) is 2. The minimum absolute atomic E-state index is 0.131. The molecule has 3 N–H and O–H groups in total. The Morgan fingerprint density at radius 2 is 2.12 bits per heavy atom. The lowest BCUT2D eigenvalue weighted by atomic mass is 9.92. The lowest BCUT2D eigenvalue weighted by molar-refractivity contribution is -0.126. The van der Waals surface area contributed by atoms with Gasteiger partial charge in [0, 0.05) is 30.6 Å². The summed E-state index contributed by atoms with van der Waals surface area (Å²) in [7, 11) is 0. The molecular formula is C19H25N3OS. The fourth-order valence-corrected chi connectivity index (χ4v) is 4.00. The fraction of sp³-hybridized carbons (Fsp3) is 0.421. The number of fused-ring (bicyclic) bond motifs is 1. The molecule has 0 saturated carbocycles. The van der Waals surface area contributed by atoms with Crippen LogP contribution in [0.4, 0.5) is 0 Å². The van der Waals surface area contributed by atoms with Crippen molar-refractivity contribution < 1.29 is 4.79 Å². The van der Waals surface area contributed by atoms with E-state index < -0.39 is 5.54 Å². The second kappa shape index (κ2) is 7.05. The number of hydrogen-bond acceptors (Lipinski definition) is 4. The summed E-state index contributed by atoms with van der Waals surface area (Å²) in [6.07, 6.45) is 1.10. The second-order valence-corrected chi connectivity index (χ2v) is 7.72. The van der Waals surface area contributed by atoms with Gasteiger partial charge in [-0.15, -0.1) is 11.3 Å². The third-order valence-corrected chi connectivity index (χ3v) is 5.89. The molecule has 2 unspecified atom stereocenters. The minimum atomic E-state index is -1.01. The average Bonchev–Trinajstić information content (AvgIpc) is 3.07. The molecule has 0 bridgehead atoms. The van der Waals surface area contributed by atoms with Gasteiger partial charge in [-0.05, 0) is 42.8 Å². The maximum Gasteiger partial charge on any atom is 0.244 e. The van der Waals surface area contributed by atoms with Gasteiger partial charge in [-0.25, -0.2) is 0 Å². The molecule has 1 amide bonds. The molecule has 0 fully saturated rings. The first-order valence-electron chi connectivity index (χ1n) is 8.40. The van der Waals surface area contributed by atoms with Crippen molar-refractivity contribution in [3.8, 4) is 0 Å². The molecule has 0 radical (unpaired) electrons. The van der Waals surface area contributed by atoms with Crippen molar-refractivity contribution in [1.29, 1.82) is 0 Å². The molecule has 0 saturated heterocycles. The van der Waals surface area contributed by atoms with Crippen molar-refractivity contribution in [3.63, 3.8) is 0 Å². The number of thiophene rings is 1. The van der Waals surface area contributed by atoms with Crippen molar-refractivity contribution in [2.45, 2.75) is 38.4 Å². The number of carbonyl (C=O) groups is 1. The molecule has 2 aromatic rings. The number of nitrogens with one attached hydrogen (secondary N) is 1. The Balaban J connectivity index is 1.56. The Labute approximate surface area is 147 Å². The highest BCUT2D eigenvalue weighted by Gasteiger charge is 2.31. The van der Waals surface area contributed by atoms with Gasteiger partial charge in [0.05, 0.1) is 0 Å². The highest BCUT2D eigenvalue weighted by Crippen LogP contribution is 2.25. The highest BCUT2D eigenvalue weighted by molar-refractivity contribution is 7.10. The summed E-state index contributed by atoms with van der Waals surface area (Å²) in [6, 6.07) is 12.0. The number of nitrogens with zero attached hydrogens (tertiary/aromatic N) is 1. The largest absolute Gasteiger partial charge is 0.353 e. The molecule has 5 heteroatoms. The summed E-state index contributed by atoms with van der Waals surface area (Å²) in [4.78, 5) is 16.5. The van der Waals surface area contributed by atoms with Crippen LogP contribution in [0.1, 0.15) is 29.9 Å². The number of rotatable bonds is 5. The van der Waals surface area contributed by atoms with Gasteiger partial charge in [0.25, 0.3) is 0 Å². The van der Waals surface area contributed by atoms with Crippen molar-refractivity contribution >= 4 is 17.2 Å². The van der Waals surface area contributed by atoms with Crippen LogP contribution in [0.5, 0.6) is 0 Å². The van der Waals surface area contributed by atoms with Crippen LogP contribution >= 0.6 is 11.3 Å². The van der Waals surface area contributed by atoms with Crippen LogP contribution in [0.2, 0.25) is 0 Å². The predicted octanol–water partition coefficient (Wildman–Crippen LogP) is 2.49.